The van der Waals surface area contributed by atoms with Gasteiger partial charge in [0.2, 0.25) is 5.91 Å². The van der Waals surface area contributed by atoms with Crippen LogP contribution in [0.4, 0.5) is 0 Å². The molecule has 0 radical (unpaired) electrons. The SMILES string of the molecule is CC(C)OCCCOCCC(=O)N1CCC(C2CCC(C(=O)C(C)C)CC2)CC1. The first-order valence-corrected chi connectivity index (χ1v) is 11.9. The number of nitrogens with zero attached hydrogens (tertiary/aromatic N) is 1. The van der Waals surface area contributed by atoms with Crippen LogP contribution in [0.15, 0.2) is 0 Å². The van der Waals surface area contributed by atoms with Crippen molar-refractivity contribution in [3.63, 3.8) is 0 Å². The standard InChI is InChI=1S/C24H43NO4/c1-18(2)24(27)22-8-6-20(7-9-22)21-10-13-25(14-11-21)23(26)12-17-28-15-5-16-29-19(3)4/h18-22H,5-17H2,1-4H3. The fourth-order valence-electron chi connectivity index (χ4n) is 4.87. The zero-order chi connectivity index (χ0) is 21.2. The lowest BCUT2D eigenvalue weighted by Crippen LogP contribution is -2.41. The van der Waals surface area contributed by atoms with Gasteiger partial charge in [-0.25, -0.2) is 0 Å². The Morgan fingerprint density at radius 2 is 1.48 bits per heavy atom. The number of piperidine rings is 1. The van der Waals surface area contributed by atoms with Crippen molar-refractivity contribution in [2.45, 2.75) is 85.2 Å². The quantitative estimate of drug-likeness (QED) is 0.472. The first-order chi connectivity index (χ1) is 13.9. The molecule has 1 amide bonds. The van der Waals surface area contributed by atoms with Gasteiger partial charge < -0.3 is 14.4 Å². The van der Waals surface area contributed by atoms with Crippen molar-refractivity contribution < 1.29 is 19.1 Å². The Bertz CT molecular complexity index is 489. The highest BCUT2D eigenvalue weighted by atomic mass is 16.5. The summed E-state index contributed by atoms with van der Waals surface area (Å²) in [6, 6.07) is 0. The third-order valence-corrected chi connectivity index (χ3v) is 6.65. The molecule has 0 N–H and O–H groups in total. The summed E-state index contributed by atoms with van der Waals surface area (Å²) in [4.78, 5) is 26.7. The topological polar surface area (TPSA) is 55.8 Å². The van der Waals surface area contributed by atoms with Crippen LogP contribution in [-0.4, -0.2) is 55.6 Å². The molecule has 0 bridgehead atoms. The number of rotatable bonds is 11. The normalized spacial score (nSPS) is 23.7. The Hall–Kier alpha value is -0.940. The highest BCUT2D eigenvalue weighted by Crippen LogP contribution is 2.38. The Labute approximate surface area is 177 Å². The van der Waals surface area contributed by atoms with Crippen molar-refractivity contribution in [1.82, 2.24) is 4.90 Å². The van der Waals surface area contributed by atoms with Gasteiger partial charge in [0.25, 0.3) is 0 Å². The van der Waals surface area contributed by atoms with E-state index < -0.39 is 0 Å². The summed E-state index contributed by atoms with van der Waals surface area (Å²) in [7, 11) is 0. The average Bonchev–Trinajstić information content (AvgIpc) is 2.72. The highest BCUT2D eigenvalue weighted by Gasteiger charge is 2.33. The van der Waals surface area contributed by atoms with Crippen LogP contribution in [0.1, 0.15) is 79.1 Å². The highest BCUT2D eigenvalue weighted by molar-refractivity contribution is 5.82. The van der Waals surface area contributed by atoms with E-state index in [-0.39, 0.29) is 17.9 Å². The molecule has 29 heavy (non-hydrogen) atoms. The monoisotopic (exact) mass is 409 g/mol. The predicted molar refractivity (Wildman–Crippen MR) is 116 cm³/mol. The van der Waals surface area contributed by atoms with Crippen LogP contribution in [0.2, 0.25) is 0 Å². The van der Waals surface area contributed by atoms with Crippen molar-refractivity contribution in [1.29, 1.82) is 0 Å². The van der Waals surface area contributed by atoms with Gasteiger partial charge in [-0.2, -0.15) is 0 Å². The minimum Gasteiger partial charge on any atom is -0.381 e. The fourth-order valence-corrected chi connectivity index (χ4v) is 4.87. The molecule has 0 spiro atoms. The molecular formula is C24H43NO4. The average molecular weight is 410 g/mol. The third-order valence-electron chi connectivity index (χ3n) is 6.65. The van der Waals surface area contributed by atoms with Crippen LogP contribution in [0, 0.1) is 23.7 Å². The number of hydrogen-bond acceptors (Lipinski definition) is 4. The lowest BCUT2D eigenvalue weighted by atomic mass is 9.71. The summed E-state index contributed by atoms with van der Waals surface area (Å²) in [5.74, 6) is 2.63. The van der Waals surface area contributed by atoms with E-state index in [1.807, 2.05) is 32.6 Å². The van der Waals surface area contributed by atoms with Crippen LogP contribution in [0.5, 0.6) is 0 Å². The number of amides is 1. The number of carbonyl (C=O) groups is 2. The van der Waals surface area contributed by atoms with Crippen LogP contribution < -0.4 is 0 Å². The summed E-state index contributed by atoms with van der Waals surface area (Å²) in [5.41, 5.74) is 0. The Balaban J connectivity index is 1.57. The molecule has 2 fully saturated rings. The first-order valence-electron chi connectivity index (χ1n) is 11.9. The van der Waals surface area contributed by atoms with Crippen molar-refractivity contribution in [2.24, 2.45) is 23.7 Å². The van der Waals surface area contributed by atoms with Crippen LogP contribution in [0.25, 0.3) is 0 Å². The minimum absolute atomic E-state index is 0.170. The van der Waals surface area contributed by atoms with E-state index >= 15 is 0 Å². The zero-order valence-electron chi connectivity index (χ0n) is 19.2. The molecular weight excluding hydrogens is 366 g/mol. The summed E-state index contributed by atoms with van der Waals surface area (Å²) in [6.07, 6.45) is 8.38. The van der Waals surface area contributed by atoms with Crippen LogP contribution >= 0.6 is 0 Å². The number of ketones is 1. The molecule has 0 aromatic carbocycles. The van der Waals surface area contributed by atoms with Gasteiger partial charge in [-0.3, -0.25) is 9.59 Å². The largest absolute Gasteiger partial charge is 0.381 e. The lowest BCUT2D eigenvalue weighted by molar-refractivity contribution is -0.134. The van der Waals surface area contributed by atoms with E-state index in [4.69, 9.17) is 9.47 Å². The maximum absolute atomic E-state index is 12.4. The molecule has 1 saturated heterocycles. The van der Waals surface area contributed by atoms with E-state index in [1.54, 1.807) is 0 Å². The maximum Gasteiger partial charge on any atom is 0.224 e. The summed E-state index contributed by atoms with van der Waals surface area (Å²) < 4.78 is 11.1. The second kappa shape index (κ2) is 12.7. The van der Waals surface area contributed by atoms with Gasteiger partial charge in [0, 0.05) is 38.1 Å². The molecule has 0 aromatic rings. The molecule has 0 atom stereocenters. The summed E-state index contributed by atoms with van der Waals surface area (Å²) in [6.45, 7) is 11.8. The van der Waals surface area contributed by atoms with Gasteiger partial charge in [-0.05, 0) is 70.6 Å². The van der Waals surface area contributed by atoms with E-state index in [9.17, 15) is 9.59 Å². The van der Waals surface area contributed by atoms with E-state index in [1.165, 1.54) is 12.8 Å². The van der Waals surface area contributed by atoms with Crippen LogP contribution in [0.3, 0.4) is 0 Å². The lowest BCUT2D eigenvalue weighted by Gasteiger charge is -2.39. The predicted octanol–water partition coefficient (Wildman–Crippen LogP) is 4.48. The van der Waals surface area contributed by atoms with Gasteiger partial charge in [-0.15, -0.1) is 0 Å². The number of hydrogen-bond donors (Lipinski definition) is 0. The zero-order valence-corrected chi connectivity index (χ0v) is 19.2. The van der Waals surface area contributed by atoms with Gasteiger partial charge in [0.15, 0.2) is 0 Å². The molecule has 1 aliphatic heterocycles. The van der Waals surface area contributed by atoms with E-state index in [0.717, 1.165) is 57.0 Å². The van der Waals surface area contributed by atoms with Gasteiger partial charge in [0.1, 0.15) is 5.78 Å². The molecule has 5 nitrogen and oxygen atoms in total. The summed E-state index contributed by atoms with van der Waals surface area (Å²) in [5, 5.41) is 0. The number of carbonyl (C=O) groups excluding carboxylic acids is 2. The molecule has 2 rings (SSSR count). The molecule has 168 valence electrons. The summed E-state index contributed by atoms with van der Waals surface area (Å²) >= 11 is 0. The molecule has 1 aliphatic carbocycles. The molecule has 2 aliphatic rings. The smallest absolute Gasteiger partial charge is 0.224 e. The Morgan fingerprint density at radius 3 is 2.07 bits per heavy atom. The van der Waals surface area contributed by atoms with Gasteiger partial charge in [0.05, 0.1) is 19.1 Å². The first kappa shape index (κ1) is 24.3. The van der Waals surface area contributed by atoms with Crippen molar-refractivity contribution in [2.75, 3.05) is 32.9 Å². The molecule has 0 unspecified atom stereocenters. The molecule has 5 heteroatoms. The molecule has 1 heterocycles. The third kappa shape index (κ3) is 8.37. The van der Waals surface area contributed by atoms with Crippen LogP contribution in [-0.2, 0) is 19.1 Å². The Morgan fingerprint density at radius 1 is 0.862 bits per heavy atom. The van der Waals surface area contributed by atoms with Crippen molar-refractivity contribution in [3.05, 3.63) is 0 Å². The van der Waals surface area contributed by atoms with Gasteiger partial charge in [-0.1, -0.05) is 13.8 Å². The second-order valence-corrected chi connectivity index (χ2v) is 9.52. The van der Waals surface area contributed by atoms with Crippen molar-refractivity contribution >= 4 is 11.7 Å². The molecule has 0 aromatic heterocycles. The van der Waals surface area contributed by atoms with Gasteiger partial charge >= 0.3 is 0 Å². The van der Waals surface area contributed by atoms with E-state index in [2.05, 4.69) is 0 Å². The minimum atomic E-state index is 0.170. The number of likely N-dealkylation sites (tertiary alicyclic amines) is 1. The fraction of sp³-hybridized carbons (Fsp3) is 0.917. The Kier molecular flexibility index (Phi) is 10.6. The van der Waals surface area contributed by atoms with Crippen molar-refractivity contribution in [3.8, 4) is 0 Å². The second-order valence-electron chi connectivity index (χ2n) is 9.52. The molecule has 1 saturated carbocycles. The number of ether oxygens (including phenoxy) is 2. The maximum atomic E-state index is 12.4. The number of Topliss-reactive ketones (excluding diaryl/α,β-unsaturated/α-hetero) is 1. The van der Waals surface area contributed by atoms with E-state index in [0.29, 0.717) is 37.9 Å².